The van der Waals surface area contributed by atoms with Gasteiger partial charge in [-0.05, 0) is 30.9 Å². The molecule has 0 atom stereocenters. The summed E-state index contributed by atoms with van der Waals surface area (Å²) in [6.07, 6.45) is 6.80. The predicted molar refractivity (Wildman–Crippen MR) is 72.9 cm³/mol. The highest BCUT2D eigenvalue weighted by Crippen LogP contribution is 2.24. The monoisotopic (exact) mass is 247 g/mol. The van der Waals surface area contributed by atoms with E-state index >= 15 is 0 Å². The number of hydrogen-bond donors (Lipinski definition) is 1. The Bertz CT molecular complexity index is 411. The second-order valence-corrected chi connectivity index (χ2v) is 5.13. The maximum atomic E-state index is 12.1. The summed E-state index contributed by atoms with van der Waals surface area (Å²) in [7, 11) is 3.80. The van der Waals surface area contributed by atoms with E-state index in [9.17, 15) is 4.79 Å². The van der Waals surface area contributed by atoms with E-state index in [1.165, 1.54) is 25.7 Å². The zero-order valence-electron chi connectivity index (χ0n) is 11.1. The van der Waals surface area contributed by atoms with Gasteiger partial charge < -0.3 is 10.2 Å². The van der Waals surface area contributed by atoms with E-state index in [0.717, 1.165) is 12.4 Å². The second-order valence-electron chi connectivity index (χ2n) is 5.13. The van der Waals surface area contributed by atoms with E-state index in [2.05, 4.69) is 10.3 Å². The van der Waals surface area contributed by atoms with Crippen molar-refractivity contribution in [2.24, 2.45) is 5.92 Å². The van der Waals surface area contributed by atoms with Crippen molar-refractivity contribution in [1.82, 2.24) is 10.3 Å². The van der Waals surface area contributed by atoms with Crippen LogP contribution in [-0.2, 0) is 0 Å². The number of anilines is 1. The summed E-state index contributed by atoms with van der Waals surface area (Å²) >= 11 is 0. The van der Waals surface area contributed by atoms with E-state index in [0.29, 0.717) is 11.5 Å². The second kappa shape index (κ2) is 5.85. The molecule has 1 amide bonds. The van der Waals surface area contributed by atoms with Gasteiger partial charge in [-0.25, -0.2) is 4.98 Å². The number of carbonyl (C=O) groups excluding carboxylic acids is 1. The van der Waals surface area contributed by atoms with Crippen LogP contribution in [0.25, 0.3) is 0 Å². The van der Waals surface area contributed by atoms with Crippen LogP contribution in [0.2, 0.25) is 0 Å². The summed E-state index contributed by atoms with van der Waals surface area (Å²) < 4.78 is 0. The van der Waals surface area contributed by atoms with E-state index < -0.39 is 0 Å². The van der Waals surface area contributed by atoms with Crippen LogP contribution in [0.5, 0.6) is 0 Å². The SMILES string of the molecule is CN(C)c1ncccc1C(=O)NCC1CCCC1. The van der Waals surface area contributed by atoms with Gasteiger partial charge in [-0.3, -0.25) is 4.79 Å². The van der Waals surface area contributed by atoms with Gasteiger partial charge in [-0.1, -0.05) is 12.8 Å². The first-order chi connectivity index (χ1) is 8.68. The molecule has 98 valence electrons. The van der Waals surface area contributed by atoms with Gasteiger partial charge in [-0.15, -0.1) is 0 Å². The number of hydrogen-bond acceptors (Lipinski definition) is 3. The van der Waals surface area contributed by atoms with Gasteiger partial charge in [0.15, 0.2) is 0 Å². The molecule has 18 heavy (non-hydrogen) atoms. The maximum Gasteiger partial charge on any atom is 0.255 e. The third-order valence-corrected chi connectivity index (χ3v) is 3.48. The van der Waals surface area contributed by atoms with Gasteiger partial charge in [0.25, 0.3) is 5.91 Å². The topological polar surface area (TPSA) is 45.2 Å². The Morgan fingerprint density at radius 1 is 1.44 bits per heavy atom. The molecule has 1 N–H and O–H groups in total. The molecule has 1 aliphatic rings. The van der Waals surface area contributed by atoms with E-state index in [1.54, 1.807) is 12.3 Å². The van der Waals surface area contributed by atoms with Crippen molar-refractivity contribution in [2.45, 2.75) is 25.7 Å². The van der Waals surface area contributed by atoms with Crippen LogP contribution < -0.4 is 10.2 Å². The number of rotatable bonds is 4. The van der Waals surface area contributed by atoms with Crippen molar-refractivity contribution in [1.29, 1.82) is 0 Å². The maximum absolute atomic E-state index is 12.1. The van der Waals surface area contributed by atoms with Gasteiger partial charge in [0.2, 0.25) is 0 Å². The molecule has 0 saturated heterocycles. The van der Waals surface area contributed by atoms with Crippen LogP contribution in [0.3, 0.4) is 0 Å². The first kappa shape index (κ1) is 12.9. The highest BCUT2D eigenvalue weighted by Gasteiger charge is 2.18. The predicted octanol–water partition coefficient (Wildman–Crippen LogP) is 2.07. The first-order valence-electron chi connectivity index (χ1n) is 6.59. The largest absolute Gasteiger partial charge is 0.362 e. The molecule has 4 nitrogen and oxygen atoms in total. The Labute approximate surface area is 108 Å². The average molecular weight is 247 g/mol. The quantitative estimate of drug-likeness (QED) is 0.886. The highest BCUT2D eigenvalue weighted by atomic mass is 16.1. The number of nitrogens with zero attached hydrogens (tertiary/aromatic N) is 2. The highest BCUT2D eigenvalue weighted by molar-refractivity contribution is 5.98. The van der Waals surface area contributed by atoms with Crippen molar-refractivity contribution in [2.75, 3.05) is 25.5 Å². The molecular weight excluding hydrogens is 226 g/mol. The van der Waals surface area contributed by atoms with Gasteiger partial charge >= 0.3 is 0 Å². The lowest BCUT2D eigenvalue weighted by Gasteiger charge is -2.16. The normalized spacial score (nSPS) is 15.7. The number of nitrogens with one attached hydrogen (secondary N) is 1. The van der Waals surface area contributed by atoms with Crippen molar-refractivity contribution in [3.63, 3.8) is 0 Å². The van der Waals surface area contributed by atoms with Crippen molar-refractivity contribution >= 4 is 11.7 Å². The first-order valence-corrected chi connectivity index (χ1v) is 6.59. The molecule has 1 aliphatic carbocycles. The lowest BCUT2D eigenvalue weighted by molar-refractivity contribution is 0.0947. The molecule has 1 saturated carbocycles. The van der Waals surface area contributed by atoms with Gasteiger partial charge in [-0.2, -0.15) is 0 Å². The number of amides is 1. The zero-order chi connectivity index (χ0) is 13.0. The third-order valence-electron chi connectivity index (χ3n) is 3.48. The molecule has 1 aromatic rings. The summed E-state index contributed by atoms with van der Waals surface area (Å²) in [4.78, 5) is 18.3. The minimum Gasteiger partial charge on any atom is -0.362 e. The lowest BCUT2D eigenvalue weighted by Crippen LogP contribution is -2.30. The summed E-state index contributed by atoms with van der Waals surface area (Å²) in [6.45, 7) is 0.792. The fraction of sp³-hybridized carbons (Fsp3) is 0.571. The fourth-order valence-electron chi connectivity index (χ4n) is 2.48. The minimum atomic E-state index is -0.0151. The standard InChI is InChI=1S/C14H21N3O/c1-17(2)13-12(8-5-9-15-13)14(18)16-10-11-6-3-4-7-11/h5,8-9,11H,3-4,6-7,10H2,1-2H3,(H,16,18). The van der Waals surface area contributed by atoms with Gasteiger partial charge in [0.05, 0.1) is 5.56 Å². The molecule has 1 heterocycles. The summed E-state index contributed by atoms with van der Waals surface area (Å²) in [5, 5.41) is 3.03. The van der Waals surface area contributed by atoms with Crippen molar-refractivity contribution in [3.05, 3.63) is 23.9 Å². The molecule has 0 bridgehead atoms. The fourth-order valence-corrected chi connectivity index (χ4v) is 2.48. The van der Waals surface area contributed by atoms with Crippen LogP contribution in [0.1, 0.15) is 36.0 Å². The molecule has 4 heteroatoms. The minimum absolute atomic E-state index is 0.0151. The van der Waals surface area contributed by atoms with Gasteiger partial charge in [0, 0.05) is 26.8 Å². The van der Waals surface area contributed by atoms with E-state index in [-0.39, 0.29) is 5.91 Å². The van der Waals surface area contributed by atoms with Gasteiger partial charge in [0.1, 0.15) is 5.82 Å². The van der Waals surface area contributed by atoms with E-state index in [1.807, 2.05) is 25.1 Å². The Hall–Kier alpha value is -1.58. The zero-order valence-corrected chi connectivity index (χ0v) is 11.1. The van der Waals surface area contributed by atoms with Crippen LogP contribution in [0, 0.1) is 5.92 Å². The molecule has 0 aromatic carbocycles. The Kier molecular flexibility index (Phi) is 4.18. The third kappa shape index (κ3) is 3.00. The average Bonchev–Trinajstić information content (AvgIpc) is 2.89. The molecular formula is C14H21N3O. The number of pyridine rings is 1. The Morgan fingerprint density at radius 2 is 2.17 bits per heavy atom. The Balaban J connectivity index is 1.99. The molecule has 1 aromatic heterocycles. The molecule has 0 unspecified atom stereocenters. The van der Waals surface area contributed by atoms with E-state index in [4.69, 9.17) is 0 Å². The molecule has 1 fully saturated rings. The molecule has 0 spiro atoms. The van der Waals surface area contributed by atoms with Crippen LogP contribution >= 0.6 is 0 Å². The summed E-state index contributed by atoms with van der Waals surface area (Å²) in [6, 6.07) is 3.63. The summed E-state index contributed by atoms with van der Waals surface area (Å²) in [5.41, 5.74) is 0.653. The van der Waals surface area contributed by atoms with Crippen LogP contribution in [-0.4, -0.2) is 31.5 Å². The van der Waals surface area contributed by atoms with Crippen LogP contribution in [0.15, 0.2) is 18.3 Å². The number of aromatic nitrogens is 1. The summed E-state index contributed by atoms with van der Waals surface area (Å²) in [5.74, 6) is 1.37. The Morgan fingerprint density at radius 3 is 2.83 bits per heavy atom. The molecule has 0 radical (unpaired) electrons. The van der Waals surface area contributed by atoms with Crippen LogP contribution in [0.4, 0.5) is 5.82 Å². The number of carbonyl (C=O) groups is 1. The molecule has 2 rings (SSSR count). The smallest absolute Gasteiger partial charge is 0.255 e. The van der Waals surface area contributed by atoms with Crippen molar-refractivity contribution in [3.8, 4) is 0 Å². The molecule has 0 aliphatic heterocycles. The van der Waals surface area contributed by atoms with Crippen molar-refractivity contribution < 1.29 is 4.79 Å². The lowest BCUT2D eigenvalue weighted by atomic mass is 10.1.